The van der Waals surface area contributed by atoms with Gasteiger partial charge in [0.2, 0.25) is 0 Å². The van der Waals surface area contributed by atoms with E-state index in [2.05, 4.69) is 6.07 Å². The van der Waals surface area contributed by atoms with Crippen molar-refractivity contribution in [3.05, 3.63) is 23.8 Å². The Hall–Kier alpha value is -1.22. The van der Waals surface area contributed by atoms with Crippen LogP contribution in [0.25, 0.3) is 0 Å². The van der Waals surface area contributed by atoms with Crippen LogP contribution in [-0.4, -0.2) is 25.4 Å². The molecule has 0 fully saturated rings. The number of aliphatic hydroxyl groups is 1. The van der Waals surface area contributed by atoms with Gasteiger partial charge >= 0.3 is 0 Å². The van der Waals surface area contributed by atoms with Gasteiger partial charge in [-0.1, -0.05) is 12.1 Å². The van der Waals surface area contributed by atoms with Crippen LogP contribution in [0.3, 0.4) is 0 Å². The summed E-state index contributed by atoms with van der Waals surface area (Å²) in [4.78, 5) is 0. The lowest BCUT2D eigenvalue weighted by Gasteiger charge is -2.26. The maximum absolute atomic E-state index is 9.00. The van der Waals surface area contributed by atoms with Crippen molar-refractivity contribution in [1.29, 1.82) is 0 Å². The molecular formula is C12H16O3. The first kappa shape index (κ1) is 10.3. The molecule has 82 valence electrons. The molecule has 3 heteroatoms. The maximum atomic E-state index is 9.00. The Morgan fingerprint density at radius 1 is 1.53 bits per heavy atom. The molecule has 1 aromatic rings. The second kappa shape index (κ2) is 4.53. The van der Waals surface area contributed by atoms with Gasteiger partial charge in [-0.3, -0.25) is 0 Å². The summed E-state index contributed by atoms with van der Waals surface area (Å²) >= 11 is 0. The first-order valence-electron chi connectivity index (χ1n) is 5.27. The molecule has 3 nitrogen and oxygen atoms in total. The highest BCUT2D eigenvalue weighted by molar-refractivity contribution is 5.49. The molecule has 0 spiro atoms. The first-order chi connectivity index (χ1) is 7.36. The third kappa shape index (κ3) is 1.92. The Morgan fingerprint density at radius 2 is 2.40 bits per heavy atom. The lowest BCUT2D eigenvalue weighted by atomic mass is 9.90. The van der Waals surface area contributed by atoms with Crippen LogP contribution >= 0.6 is 0 Å². The van der Waals surface area contributed by atoms with Crippen LogP contribution in [-0.2, 0) is 0 Å². The van der Waals surface area contributed by atoms with E-state index in [9.17, 15) is 0 Å². The molecular weight excluding hydrogens is 192 g/mol. The topological polar surface area (TPSA) is 38.7 Å². The van der Waals surface area contributed by atoms with Crippen molar-refractivity contribution < 1.29 is 14.6 Å². The highest BCUT2D eigenvalue weighted by atomic mass is 16.5. The van der Waals surface area contributed by atoms with E-state index in [1.54, 1.807) is 7.11 Å². The van der Waals surface area contributed by atoms with Gasteiger partial charge in [-0.15, -0.1) is 0 Å². The number of fused-ring (bicyclic) bond motifs is 1. The van der Waals surface area contributed by atoms with Crippen LogP contribution in [0.1, 0.15) is 24.3 Å². The van der Waals surface area contributed by atoms with Gasteiger partial charge in [0.25, 0.3) is 0 Å². The highest BCUT2D eigenvalue weighted by Crippen LogP contribution is 2.41. The van der Waals surface area contributed by atoms with Crippen molar-refractivity contribution in [3.8, 4) is 11.5 Å². The Bertz CT molecular complexity index is 336. The van der Waals surface area contributed by atoms with Crippen molar-refractivity contribution >= 4 is 0 Å². The average molecular weight is 208 g/mol. The Balaban J connectivity index is 2.35. The Kier molecular flexibility index (Phi) is 3.11. The molecule has 1 heterocycles. The van der Waals surface area contributed by atoms with Crippen LogP contribution in [0.15, 0.2) is 18.2 Å². The van der Waals surface area contributed by atoms with Gasteiger partial charge in [-0.05, 0) is 24.8 Å². The van der Waals surface area contributed by atoms with Gasteiger partial charge in [0.15, 0.2) is 11.5 Å². The third-order valence-electron chi connectivity index (χ3n) is 2.86. The molecule has 1 unspecified atom stereocenters. The molecule has 1 aliphatic rings. The summed E-state index contributed by atoms with van der Waals surface area (Å²) in [5, 5.41) is 9.00. The summed E-state index contributed by atoms with van der Waals surface area (Å²) in [6.07, 6.45) is 1.77. The molecule has 15 heavy (non-hydrogen) atoms. The van der Waals surface area contributed by atoms with E-state index in [0.29, 0.717) is 12.5 Å². The monoisotopic (exact) mass is 208 g/mol. The molecule has 1 atom stereocenters. The van der Waals surface area contributed by atoms with E-state index in [1.165, 1.54) is 0 Å². The second-order valence-corrected chi connectivity index (χ2v) is 3.72. The van der Waals surface area contributed by atoms with Crippen molar-refractivity contribution in [2.75, 3.05) is 20.3 Å². The van der Waals surface area contributed by atoms with E-state index >= 15 is 0 Å². The fourth-order valence-electron chi connectivity index (χ4n) is 2.08. The predicted molar refractivity (Wildman–Crippen MR) is 57.5 cm³/mol. The van der Waals surface area contributed by atoms with Crippen LogP contribution in [0.5, 0.6) is 11.5 Å². The first-order valence-corrected chi connectivity index (χ1v) is 5.27. The quantitative estimate of drug-likeness (QED) is 0.825. The van der Waals surface area contributed by atoms with E-state index in [0.717, 1.165) is 29.9 Å². The maximum Gasteiger partial charge on any atom is 0.164 e. The lowest BCUT2D eigenvalue weighted by molar-refractivity contribution is 0.222. The zero-order chi connectivity index (χ0) is 10.7. The van der Waals surface area contributed by atoms with Crippen LogP contribution < -0.4 is 9.47 Å². The van der Waals surface area contributed by atoms with Crippen molar-refractivity contribution in [2.24, 2.45) is 0 Å². The average Bonchev–Trinajstić information content (AvgIpc) is 2.29. The van der Waals surface area contributed by atoms with Gasteiger partial charge in [0.1, 0.15) is 0 Å². The Morgan fingerprint density at radius 3 is 3.13 bits per heavy atom. The van der Waals surface area contributed by atoms with E-state index < -0.39 is 0 Å². The van der Waals surface area contributed by atoms with Gasteiger partial charge < -0.3 is 14.6 Å². The van der Waals surface area contributed by atoms with Crippen LogP contribution in [0.4, 0.5) is 0 Å². The number of rotatable bonds is 3. The van der Waals surface area contributed by atoms with Crippen molar-refractivity contribution in [3.63, 3.8) is 0 Å². The largest absolute Gasteiger partial charge is 0.493 e. The smallest absolute Gasteiger partial charge is 0.164 e. The minimum Gasteiger partial charge on any atom is -0.493 e. The molecule has 1 aliphatic heterocycles. The number of ether oxygens (including phenoxy) is 2. The molecule has 0 bridgehead atoms. The number of para-hydroxylation sites is 1. The number of hydrogen-bond donors (Lipinski definition) is 1. The minimum absolute atomic E-state index is 0.224. The van der Waals surface area contributed by atoms with E-state index in [4.69, 9.17) is 14.6 Å². The summed E-state index contributed by atoms with van der Waals surface area (Å²) in [6.45, 7) is 0.930. The molecule has 0 saturated carbocycles. The second-order valence-electron chi connectivity index (χ2n) is 3.72. The fourth-order valence-corrected chi connectivity index (χ4v) is 2.08. The fraction of sp³-hybridized carbons (Fsp3) is 0.500. The van der Waals surface area contributed by atoms with E-state index in [-0.39, 0.29) is 6.61 Å². The summed E-state index contributed by atoms with van der Waals surface area (Å²) in [5.74, 6) is 2.04. The number of aliphatic hydroxyl groups excluding tert-OH is 1. The lowest BCUT2D eigenvalue weighted by Crippen LogP contribution is -2.15. The molecule has 0 aliphatic carbocycles. The summed E-state index contributed by atoms with van der Waals surface area (Å²) in [5.41, 5.74) is 1.16. The summed E-state index contributed by atoms with van der Waals surface area (Å²) < 4.78 is 10.9. The standard InChI is InChI=1S/C12H16O3/c1-14-11-4-2-3-10-9(5-7-13)6-8-15-12(10)11/h2-4,9,13H,5-8H2,1H3. The normalized spacial score (nSPS) is 19.2. The zero-order valence-electron chi connectivity index (χ0n) is 8.90. The number of benzene rings is 1. The molecule has 0 radical (unpaired) electrons. The molecule has 0 saturated heterocycles. The Labute approximate surface area is 89.6 Å². The van der Waals surface area contributed by atoms with Gasteiger partial charge in [-0.25, -0.2) is 0 Å². The molecule has 0 aromatic heterocycles. The zero-order valence-corrected chi connectivity index (χ0v) is 8.90. The van der Waals surface area contributed by atoms with Crippen molar-refractivity contribution in [2.45, 2.75) is 18.8 Å². The summed E-state index contributed by atoms with van der Waals surface area (Å²) in [6, 6.07) is 5.92. The van der Waals surface area contributed by atoms with Gasteiger partial charge in [0, 0.05) is 12.2 Å². The van der Waals surface area contributed by atoms with Gasteiger partial charge in [-0.2, -0.15) is 0 Å². The highest BCUT2D eigenvalue weighted by Gasteiger charge is 2.23. The third-order valence-corrected chi connectivity index (χ3v) is 2.86. The molecule has 2 rings (SSSR count). The summed E-state index contributed by atoms with van der Waals surface area (Å²) in [7, 11) is 1.65. The molecule has 0 amide bonds. The van der Waals surface area contributed by atoms with E-state index in [1.807, 2.05) is 12.1 Å². The number of methoxy groups -OCH3 is 1. The predicted octanol–water partition coefficient (Wildman–Crippen LogP) is 1.94. The van der Waals surface area contributed by atoms with Crippen LogP contribution in [0.2, 0.25) is 0 Å². The van der Waals surface area contributed by atoms with Gasteiger partial charge in [0.05, 0.1) is 13.7 Å². The SMILES string of the molecule is COc1cccc2c1OCCC2CCO. The number of hydrogen-bond acceptors (Lipinski definition) is 3. The van der Waals surface area contributed by atoms with Crippen LogP contribution in [0, 0.1) is 0 Å². The minimum atomic E-state index is 0.224. The molecule has 1 aromatic carbocycles. The van der Waals surface area contributed by atoms with Crippen molar-refractivity contribution in [1.82, 2.24) is 0 Å². The molecule has 1 N–H and O–H groups in total.